The smallest absolute Gasteiger partial charge is 0.205 e. The number of methoxy groups -OCH3 is 2. The number of aryl methyl sites for hydroxylation is 2. The normalized spacial score (nSPS) is 15.1. The Morgan fingerprint density at radius 3 is 1.48 bits per heavy atom. The first kappa shape index (κ1) is 29.9. The highest BCUT2D eigenvalue weighted by atomic mass is 16.5. The number of benzene rings is 2. The Bertz CT molecular complexity index is 1870. The predicted octanol–water partition coefficient (Wildman–Crippen LogP) is 6.02. The Morgan fingerprint density at radius 1 is 0.630 bits per heavy atom. The summed E-state index contributed by atoms with van der Waals surface area (Å²) in [6, 6.07) is 18.6. The highest BCUT2D eigenvalue weighted by Crippen LogP contribution is 2.29. The minimum absolute atomic E-state index is 0.241. The SMILES string of the molecule is COc1ccc(C)cc1N/N=C1\C=CC(=O)c2nc(N(C)c3ccc4c(n3)C(=O)C=C/C4=N\Nc3cc(C)ccc3OC)ccc21. The molecule has 46 heavy (non-hydrogen) atoms. The average Bonchev–Trinajstić information content (AvgIpc) is 3.07. The largest absolute Gasteiger partial charge is 0.495 e. The topological polar surface area (TPSA) is 130 Å². The average molecular weight is 614 g/mol. The van der Waals surface area contributed by atoms with Gasteiger partial charge in [0.1, 0.15) is 34.5 Å². The number of hydrogen-bond donors (Lipinski definition) is 2. The molecule has 2 aliphatic carbocycles. The van der Waals surface area contributed by atoms with Gasteiger partial charge in [-0.05, 0) is 97.8 Å². The van der Waals surface area contributed by atoms with Crippen LogP contribution in [0.15, 0.2) is 95.2 Å². The van der Waals surface area contributed by atoms with E-state index in [4.69, 9.17) is 9.47 Å². The van der Waals surface area contributed by atoms with E-state index in [1.807, 2.05) is 50.2 Å². The molecule has 4 aromatic rings. The Balaban J connectivity index is 1.27. The lowest BCUT2D eigenvalue weighted by molar-refractivity contribution is 0.103. The van der Waals surface area contributed by atoms with Crippen LogP contribution in [0.1, 0.15) is 43.2 Å². The van der Waals surface area contributed by atoms with Crippen molar-refractivity contribution in [3.63, 3.8) is 0 Å². The Kier molecular flexibility index (Phi) is 8.13. The minimum Gasteiger partial charge on any atom is -0.495 e. The number of hydrazone groups is 2. The number of rotatable bonds is 8. The summed E-state index contributed by atoms with van der Waals surface area (Å²) in [7, 11) is 4.96. The van der Waals surface area contributed by atoms with Gasteiger partial charge in [-0.1, -0.05) is 12.1 Å². The molecular weight excluding hydrogens is 582 g/mol. The predicted molar refractivity (Wildman–Crippen MR) is 179 cm³/mol. The van der Waals surface area contributed by atoms with E-state index in [2.05, 4.69) is 31.0 Å². The van der Waals surface area contributed by atoms with Crippen LogP contribution in [0.3, 0.4) is 0 Å². The minimum atomic E-state index is -0.241. The maximum Gasteiger partial charge on any atom is 0.205 e. The number of nitrogens with one attached hydrogen (secondary N) is 2. The summed E-state index contributed by atoms with van der Waals surface area (Å²) in [4.78, 5) is 36.8. The molecule has 11 heteroatoms. The second-order valence-electron chi connectivity index (χ2n) is 10.7. The molecule has 6 rings (SSSR count). The Morgan fingerprint density at radius 2 is 1.07 bits per heavy atom. The van der Waals surface area contributed by atoms with E-state index in [-0.39, 0.29) is 23.0 Å². The fourth-order valence-corrected chi connectivity index (χ4v) is 5.08. The third kappa shape index (κ3) is 5.85. The number of carbonyl (C=O) groups is 2. The van der Waals surface area contributed by atoms with Crippen molar-refractivity contribution >= 4 is 46.0 Å². The van der Waals surface area contributed by atoms with Crippen molar-refractivity contribution < 1.29 is 19.1 Å². The van der Waals surface area contributed by atoms with E-state index in [1.165, 1.54) is 12.2 Å². The fraction of sp³-hybridized carbons (Fsp3) is 0.143. The van der Waals surface area contributed by atoms with Crippen LogP contribution in [0.4, 0.5) is 23.0 Å². The van der Waals surface area contributed by atoms with Crippen LogP contribution < -0.4 is 25.2 Å². The zero-order chi connectivity index (χ0) is 32.4. The van der Waals surface area contributed by atoms with Crippen LogP contribution in [0.25, 0.3) is 0 Å². The van der Waals surface area contributed by atoms with Crippen molar-refractivity contribution in [2.75, 3.05) is 37.0 Å². The van der Waals surface area contributed by atoms with Crippen LogP contribution >= 0.6 is 0 Å². The molecule has 2 heterocycles. The second-order valence-corrected chi connectivity index (χ2v) is 10.7. The number of nitrogens with zero attached hydrogens (tertiary/aromatic N) is 5. The van der Waals surface area contributed by atoms with Crippen LogP contribution in [0.5, 0.6) is 11.5 Å². The number of ketones is 2. The molecule has 0 saturated carbocycles. The highest BCUT2D eigenvalue weighted by molar-refractivity contribution is 6.24. The first-order valence-corrected chi connectivity index (χ1v) is 14.4. The van der Waals surface area contributed by atoms with Crippen LogP contribution in [-0.4, -0.2) is 54.2 Å². The molecule has 230 valence electrons. The second kappa shape index (κ2) is 12.5. The molecule has 0 amide bonds. The summed E-state index contributed by atoms with van der Waals surface area (Å²) in [5.74, 6) is 1.76. The number of hydrogen-bond acceptors (Lipinski definition) is 11. The molecule has 0 bridgehead atoms. The summed E-state index contributed by atoms with van der Waals surface area (Å²) in [5, 5.41) is 9.08. The Hall–Kier alpha value is -6.10. The lowest BCUT2D eigenvalue weighted by Crippen LogP contribution is -2.21. The van der Waals surface area contributed by atoms with Gasteiger partial charge >= 0.3 is 0 Å². The molecular formula is C35H31N7O4. The number of carbonyl (C=O) groups excluding carboxylic acids is 2. The summed E-state index contributed by atoms with van der Waals surface area (Å²) >= 11 is 0. The van der Waals surface area contributed by atoms with E-state index in [0.29, 0.717) is 57.1 Å². The fourth-order valence-electron chi connectivity index (χ4n) is 5.08. The zero-order valence-corrected chi connectivity index (χ0v) is 26.0. The molecule has 0 fully saturated rings. The lowest BCUT2D eigenvalue weighted by Gasteiger charge is -2.21. The van der Waals surface area contributed by atoms with Crippen molar-refractivity contribution in [2.45, 2.75) is 13.8 Å². The molecule has 0 radical (unpaired) electrons. The van der Waals surface area contributed by atoms with Crippen LogP contribution in [0.2, 0.25) is 0 Å². The molecule has 2 N–H and O–H groups in total. The maximum atomic E-state index is 12.9. The van der Waals surface area contributed by atoms with Gasteiger partial charge in [0.15, 0.2) is 0 Å². The van der Waals surface area contributed by atoms with Crippen LogP contribution in [0, 0.1) is 13.8 Å². The molecule has 0 aliphatic heterocycles. The van der Waals surface area contributed by atoms with Gasteiger partial charge in [-0.15, -0.1) is 0 Å². The number of fused-ring (bicyclic) bond motifs is 2. The van der Waals surface area contributed by atoms with Crippen molar-refractivity contribution in [3.8, 4) is 11.5 Å². The summed E-state index contributed by atoms with van der Waals surface area (Å²) in [6.45, 7) is 3.96. The van der Waals surface area contributed by atoms with E-state index in [0.717, 1.165) is 11.1 Å². The molecule has 11 nitrogen and oxygen atoms in total. The number of aromatic nitrogens is 2. The van der Waals surface area contributed by atoms with Gasteiger partial charge in [-0.3, -0.25) is 20.4 Å². The maximum absolute atomic E-state index is 12.9. The van der Waals surface area contributed by atoms with E-state index in [9.17, 15) is 9.59 Å². The standard InChI is InChI=1S/C35H31N7O4/c1-20-6-14-30(45-4)26(18-20)40-38-24-10-12-28(43)34-22(24)8-16-32(36-34)42(3)33-17-9-23-25(11-13-29(44)35(23)37-33)39-41-27-19-21(2)7-15-31(27)46-5/h6-19,40-41H,1-5H3/b38-24+,39-25+. The first-order chi connectivity index (χ1) is 22.2. The van der Waals surface area contributed by atoms with Gasteiger partial charge in [-0.2, -0.15) is 10.2 Å². The quantitative estimate of drug-likeness (QED) is 0.229. The van der Waals surface area contributed by atoms with Gasteiger partial charge in [0, 0.05) is 18.2 Å². The molecule has 2 aromatic carbocycles. The van der Waals surface area contributed by atoms with Gasteiger partial charge < -0.3 is 14.4 Å². The lowest BCUT2D eigenvalue weighted by atomic mass is 9.99. The van der Waals surface area contributed by atoms with Crippen molar-refractivity contribution in [2.24, 2.45) is 10.2 Å². The van der Waals surface area contributed by atoms with Crippen molar-refractivity contribution in [3.05, 3.63) is 119 Å². The van der Waals surface area contributed by atoms with Gasteiger partial charge in [0.25, 0.3) is 0 Å². The number of anilines is 4. The van der Waals surface area contributed by atoms with Crippen molar-refractivity contribution in [1.82, 2.24) is 9.97 Å². The van der Waals surface area contributed by atoms with E-state index in [1.54, 1.807) is 62.6 Å². The Labute approximate surface area is 266 Å². The van der Waals surface area contributed by atoms with Crippen LogP contribution in [-0.2, 0) is 0 Å². The summed E-state index contributed by atoms with van der Waals surface area (Å²) < 4.78 is 10.9. The van der Waals surface area contributed by atoms with Gasteiger partial charge in [0.2, 0.25) is 11.6 Å². The number of ether oxygens (including phenoxy) is 2. The molecule has 0 atom stereocenters. The molecule has 0 saturated heterocycles. The molecule has 0 spiro atoms. The molecule has 2 aliphatic rings. The van der Waals surface area contributed by atoms with Gasteiger partial charge in [-0.25, -0.2) is 9.97 Å². The molecule has 0 unspecified atom stereocenters. The monoisotopic (exact) mass is 613 g/mol. The summed E-state index contributed by atoms with van der Waals surface area (Å²) in [5.41, 5.74) is 12.4. The van der Waals surface area contributed by atoms with Crippen molar-refractivity contribution in [1.29, 1.82) is 0 Å². The van der Waals surface area contributed by atoms with Gasteiger partial charge in [0.05, 0.1) is 37.0 Å². The number of allylic oxidation sites excluding steroid dienone is 4. The third-order valence-corrected chi connectivity index (χ3v) is 7.56. The highest BCUT2D eigenvalue weighted by Gasteiger charge is 2.24. The molecule has 2 aromatic heterocycles. The third-order valence-electron chi connectivity index (χ3n) is 7.56. The van der Waals surface area contributed by atoms with E-state index >= 15 is 0 Å². The number of pyridine rings is 2. The summed E-state index contributed by atoms with van der Waals surface area (Å²) in [6.07, 6.45) is 6.18. The van der Waals surface area contributed by atoms with E-state index < -0.39 is 0 Å². The first-order valence-electron chi connectivity index (χ1n) is 14.4. The zero-order valence-electron chi connectivity index (χ0n) is 26.0.